The second kappa shape index (κ2) is 5.16. The van der Waals surface area contributed by atoms with Gasteiger partial charge in [-0.3, -0.25) is 0 Å². The summed E-state index contributed by atoms with van der Waals surface area (Å²) in [7, 11) is 1.88. The zero-order valence-corrected chi connectivity index (χ0v) is 9.72. The Balaban J connectivity index is 2.29. The van der Waals surface area contributed by atoms with Gasteiger partial charge in [0.1, 0.15) is 5.84 Å². The van der Waals surface area contributed by atoms with Crippen LogP contribution in [0.3, 0.4) is 0 Å². The van der Waals surface area contributed by atoms with Crippen molar-refractivity contribution in [2.24, 2.45) is 10.7 Å². The highest BCUT2D eigenvalue weighted by molar-refractivity contribution is 5.99. The summed E-state index contributed by atoms with van der Waals surface area (Å²) in [4.78, 5) is 4.39. The molecule has 0 saturated heterocycles. The normalized spacial score (nSPS) is 11.2. The first kappa shape index (κ1) is 11.2. The number of nitrogens with one attached hydrogen (secondary N) is 1. The van der Waals surface area contributed by atoms with Crippen LogP contribution in [0.1, 0.15) is 5.56 Å². The lowest BCUT2D eigenvalue weighted by Gasteiger charge is -2.03. The molecule has 0 heterocycles. The molecule has 0 aliphatic carbocycles. The van der Waals surface area contributed by atoms with E-state index < -0.39 is 0 Å². The molecule has 0 aliphatic heterocycles. The maximum Gasteiger partial charge on any atom is 0.131 e. The predicted octanol–water partition coefficient (Wildman–Crippen LogP) is 2.77. The van der Waals surface area contributed by atoms with Gasteiger partial charge in [0.05, 0.1) is 5.69 Å². The zero-order chi connectivity index (χ0) is 12.1. The molecule has 3 heteroatoms. The number of anilines is 1. The number of rotatable bonds is 3. The molecule has 0 aliphatic rings. The van der Waals surface area contributed by atoms with Crippen LogP contribution in [0.25, 0.3) is 0 Å². The highest BCUT2D eigenvalue weighted by Gasteiger charge is 1.98. The van der Waals surface area contributed by atoms with Crippen LogP contribution in [-0.4, -0.2) is 12.9 Å². The molecule has 0 amide bonds. The quantitative estimate of drug-likeness (QED) is 0.623. The highest BCUT2D eigenvalue weighted by Crippen LogP contribution is 2.18. The minimum atomic E-state index is 0.527. The van der Waals surface area contributed by atoms with Crippen molar-refractivity contribution in [3.05, 3.63) is 60.2 Å². The molecule has 0 saturated carbocycles. The van der Waals surface area contributed by atoms with Crippen molar-refractivity contribution in [1.82, 2.24) is 0 Å². The topological polar surface area (TPSA) is 50.4 Å². The Kier molecular flexibility index (Phi) is 3.40. The van der Waals surface area contributed by atoms with Crippen LogP contribution < -0.4 is 11.1 Å². The summed E-state index contributed by atoms with van der Waals surface area (Å²) in [6.45, 7) is 0. The van der Waals surface area contributed by atoms with Gasteiger partial charge in [0.15, 0.2) is 0 Å². The fourth-order valence-corrected chi connectivity index (χ4v) is 1.54. The van der Waals surface area contributed by atoms with E-state index in [9.17, 15) is 0 Å². The fraction of sp³-hybridized carbons (Fsp3) is 0.0714. The third-order valence-electron chi connectivity index (χ3n) is 2.45. The number of hydrogen-bond donors (Lipinski definition) is 2. The van der Waals surface area contributed by atoms with Crippen LogP contribution in [0.2, 0.25) is 0 Å². The summed E-state index contributed by atoms with van der Waals surface area (Å²) in [6, 6.07) is 17.6. The summed E-state index contributed by atoms with van der Waals surface area (Å²) >= 11 is 0. The van der Waals surface area contributed by atoms with Crippen molar-refractivity contribution in [3.8, 4) is 0 Å². The van der Waals surface area contributed by atoms with Crippen molar-refractivity contribution >= 4 is 17.2 Å². The number of hydrogen-bond acceptors (Lipinski definition) is 2. The van der Waals surface area contributed by atoms with Crippen molar-refractivity contribution in [2.75, 3.05) is 12.4 Å². The Morgan fingerprint density at radius 2 is 1.82 bits per heavy atom. The van der Waals surface area contributed by atoms with E-state index in [-0.39, 0.29) is 0 Å². The van der Waals surface area contributed by atoms with Gasteiger partial charge in [-0.15, -0.1) is 0 Å². The van der Waals surface area contributed by atoms with Crippen LogP contribution in [0, 0.1) is 0 Å². The van der Waals surface area contributed by atoms with E-state index in [1.54, 1.807) is 0 Å². The molecule has 2 aromatic rings. The van der Waals surface area contributed by atoms with Crippen LogP contribution in [0.4, 0.5) is 11.4 Å². The summed E-state index contributed by atoms with van der Waals surface area (Å²) < 4.78 is 0. The van der Waals surface area contributed by atoms with Gasteiger partial charge in [-0.1, -0.05) is 36.4 Å². The summed E-state index contributed by atoms with van der Waals surface area (Å²) in [5.41, 5.74) is 8.75. The van der Waals surface area contributed by atoms with Gasteiger partial charge in [-0.25, -0.2) is 4.99 Å². The summed E-state index contributed by atoms with van der Waals surface area (Å²) in [5.74, 6) is 0.527. The average molecular weight is 225 g/mol. The van der Waals surface area contributed by atoms with E-state index in [1.165, 1.54) is 0 Å². The lowest BCUT2D eigenvalue weighted by molar-refractivity contribution is 1.43. The number of nitrogens with zero attached hydrogens (tertiary/aromatic N) is 1. The molecule has 0 atom stereocenters. The largest absolute Gasteiger partial charge is 0.388 e. The number of aliphatic imine (C=N–C) groups is 1. The van der Waals surface area contributed by atoms with Crippen molar-refractivity contribution in [2.45, 2.75) is 0 Å². The second-order valence-electron chi connectivity index (χ2n) is 3.66. The molecule has 0 spiro atoms. The molecule has 0 bridgehead atoms. The first-order chi connectivity index (χ1) is 8.29. The predicted molar refractivity (Wildman–Crippen MR) is 72.8 cm³/mol. The van der Waals surface area contributed by atoms with Crippen LogP contribution in [0.5, 0.6) is 0 Å². The van der Waals surface area contributed by atoms with E-state index in [1.807, 2.05) is 61.6 Å². The first-order valence-corrected chi connectivity index (χ1v) is 5.47. The molecule has 17 heavy (non-hydrogen) atoms. The SMILES string of the molecule is CNc1cccc(N=C(N)c2ccccc2)c1. The monoisotopic (exact) mass is 225 g/mol. The molecule has 0 radical (unpaired) electrons. The minimum absolute atomic E-state index is 0.527. The molecule has 2 aromatic carbocycles. The van der Waals surface area contributed by atoms with Gasteiger partial charge < -0.3 is 11.1 Å². The van der Waals surface area contributed by atoms with Crippen molar-refractivity contribution in [1.29, 1.82) is 0 Å². The van der Waals surface area contributed by atoms with Gasteiger partial charge in [-0.2, -0.15) is 0 Å². The third kappa shape index (κ3) is 2.84. The summed E-state index contributed by atoms with van der Waals surface area (Å²) in [5, 5.41) is 3.07. The maximum atomic E-state index is 5.95. The third-order valence-corrected chi connectivity index (χ3v) is 2.45. The fourth-order valence-electron chi connectivity index (χ4n) is 1.54. The zero-order valence-electron chi connectivity index (χ0n) is 9.72. The van der Waals surface area contributed by atoms with E-state index >= 15 is 0 Å². The molecule has 86 valence electrons. The Morgan fingerprint density at radius 3 is 2.53 bits per heavy atom. The van der Waals surface area contributed by atoms with Gasteiger partial charge in [-0.05, 0) is 18.2 Å². The molecular formula is C14H15N3. The summed E-state index contributed by atoms with van der Waals surface area (Å²) in [6.07, 6.45) is 0. The maximum absolute atomic E-state index is 5.95. The van der Waals surface area contributed by atoms with Crippen LogP contribution in [0.15, 0.2) is 59.6 Å². The first-order valence-electron chi connectivity index (χ1n) is 5.47. The molecule has 3 nitrogen and oxygen atoms in total. The van der Waals surface area contributed by atoms with Gasteiger partial charge in [0.25, 0.3) is 0 Å². The molecular weight excluding hydrogens is 210 g/mol. The molecule has 0 aromatic heterocycles. The minimum Gasteiger partial charge on any atom is -0.388 e. The highest BCUT2D eigenvalue weighted by atomic mass is 14.9. The molecule has 0 fully saturated rings. The van der Waals surface area contributed by atoms with E-state index in [2.05, 4.69) is 10.3 Å². The van der Waals surface area contributed by atoms with Crippen molar-refractivity contribution < 1.29 is 0 Å². The van der Waals surface area contributed by atoms with Crippen LogP contribution in [-0.2, 0) is 0 Å². The van der Waals surface area contributed by atoms with Crippen molar-refractivity contribution in [3.63, 3.8) is 0 Å². The number of benzene rings is 2. The smallest absolute Gasteiger partial charge is 0.131 e. The second-order valence-corrected chi connectivity index (χ2v) is 3.66. The number of nitrogens with two attached hydrogens (primary N) is 1. The Morgan fingerprint density at radius 1 is 1.06 bits per heavy atom. The van der Waals surface area contributed by atoms with E-state index in [0.29, 0.717) is 5.84 Å². The Bertz CT molecular complexity index is 518. The molecule has 0 unspecified atom stereocenters. The molecule has 3 N–H and O–H groups in total. The lowest BCUT2D eigenvalue weighted by atomic mass is 10.2. The Hall–Kier alpha value is -2.29. The lowest BCUT2D eigenvalue weighted by Crippen LogP contribution is -2.12. The average Bonchev–Trinajstić information content (AvgIpc) is 2.40. The van der Waals surface area contributed by atoms with E-state index in [4.69, 9.17) is 5.73 Å². The number of amidine groups is 1. The molecule has 2 rings (SSSR count). The van der Waals surface area contributed by atoms with Crippen LogP contribution >= 0.6 is 0 Å². The van der Waals surface area contributed by atoms with E-state index in [0.717, 1.165) is 16.9 Å². The Labute approximate surface area is 101 Å². The van der Waals surface area contributed by atoms with Gasteiger partial charge >= 0.3 is 0 Å². The van der Waals surface area contributed by atoms with Gasteiger partial charge in [0.2, 0.25) is 0 Å². The standard InChI is InChI=1S/C14H15N3/c1-16-12-8-5-9-13(10-12)17-14(15)11-6-3-2-4-7-11/h2-10,16H,1H3,(H2,15,17). The van der Waals surface area contributed by atoms with Gasteiger partial charge in [0, 0.05) is 18.3 Å².